The van der Waals surface area contributed by atoms with E-state index in [-0.39, 0.29) is 13.2 Å². The van der Waals surface area contributed by atoms with Crippen LogP contribution in [0.3, 0.4) is 0 Å². The van der Waals surface area contributed by atoms with Gasteiger partial charge in [0.25, 0.3) is 0 Å². The number of hydrogen-bond donors (Lipinski definition) is 4. The molecular weight excluding hydrogens is 156 g/mol. The van der Waals surface area contributed by atoms with E-state index in [4.69, 9.17) is 15.5 Å². The van der Waals surface area contributed by atoms with Crippen molar-refractivity contribution in [1.29, 1.82) is 5.26 Å². The Kier molecular flexibility index (Phi) is 12.9. The van der Waals surface area contributed by atoms with Crippen molar-refractivity contribution in [2.45, 2.75) is 0 Å². The molecule has 0 unspecified atom stereocenters. The Labute approximate surface area is 63.7 Å². The third-order valence-electron chi connectivity index (χ3n) is 0.388. The Morgan fingerprint density at radius 2 is 2.20 bits per heavy atom. The lowest BCUT2D eigenvalue weighted by Crippen LogP contribution is -2.23. The lowest BCUT2D eigenvalue weighted by molar-refractivity contribution is 0.190. The van der Waals surface area contributed by atoms with Gasteiger partial charge in [0.1, 0.15) is 5.40 Å². The van der Waals surface area contributed by atoms with Crippen LogP contribution in [0.25, 0.3) is 0 Å². The maximum atomic E-state index is 9.54. The smallest absolute Gasteiger partial charge is 0.404 e. The molecule has 6 heteroatoms. The van der Waals surface area contributed by atoms with Gasteiger partial charge in [-0.05, 0) is 0 Å². The molecule has 0 aliphatic carbocycles. The lowest BCUT2D eigenvalue weighted by Gasteiger charge is -1.91. The van der Waals surface area contributed by atoms with Crippen LogP contribution < -0.4 is 5.32 Å². The molecule has 0 saturated carbocycles. The van der Waals surface area contributed by atoms with Gasteiger partial charge < -0.3 is 15.5 Å². The average molecular weight is 164 g/mol. The number of nitrogens with one attached hydrogen (secondary N) is 1. The molecule has 0 aromatic rings. The average Bonchev–Trinajstić information content (AvgIpc) is 1.85. The molecule has 10 heavy (non-hydrogen) atoms. The first-order valence-electron chi connectivity index (χ1n) is 2.29. The van der Waals surface area contributed by atoms with Crippen LogP contribution in [-0.4, -0.2) is 29.5 Å². The van der Waals surface area contributed by atoms with E-state index in [1.807, 2.05) is 5.32 Å². The largest absolute Gasteiger partial charge is 0.465 e. The van der Waals surface area contributed by atoms with E-state index in [2.05, 4.69) is 12.6 Å². The van der Waals surface area contributed by atoms with E-state index >= 15 is 0 Å². The standard InChI is InChI=1S/C3H7NO3.CHNS/c5-2-1-4-3(6)7;2-1-3/h4-5H,1-2H2,(H,6,7);3H. The highest BCUT2D eigenvalue weighted by atomic mass is 32.1. The zero-order chi connectivity index (χ0) is 8.41. The summed E-state index contributed by atoms with van der Waals surface area (Å²) in [4.78, 5) is 9.54. The summed E-state index contributed by atoms with van der Waals surface area (Å²) in [6.45, 7) is -0.0400. The van der Waals surface area contributed by atoms with Gasteiger partial charge in [-0.2, -0.15) is 5.26 Å². The van der Waals surface area contributed by atoms with Crippen LogP contribution in [0.15, 0.2) is 0 Å². The Bertz CT molecular complexity index is 122. The summed E-state index contributed by atoms with van der Waals surface area (Å²) in [6.07, 6.45) is -1.10. The summed E-state index contributed by atoms with van der Waals surface area (Å²) < 4.78 is 0. The fourth-order valence-electron chi connectivity index (χ4n) is 0.163. The molecule has 0 saturated heterocycles. The van der Waals surface area contributed by atoms with Crippen LogP contribution >= 0.6 is 12.6 Å². The van der Waals surface area contributed by atoms with Crippen molar-refractivity contribution in [3.05, 3.63) is 0 Å². The quantitative estimate of drug-likeness (QED) is 0.331. The van der Waals surface area contributed by atoms with Crippen molar-refractivity contribution in [3.63, 3.8) is 0 Å². The highest BCUT2D eigenvalue weighted by Crippen LogP contribution is 1.56. The number of amides is 1. The topological polar surface area (TPSA) is 93.4 Å². The molecule has 0 fully saturated rings. The zero-order valence-electron chi connectivity index (χ0n) is 5.11. The number of carbonyl (C=O) groups is 1. The Hall–Kier alpha value is -0.930. The third-order valence-corrected chi connectivity index (χ3v) is 0.388. The molecule has 0 aliphatic rings. The number of aliphatic hydroxyl groups excluding tert-OH is 1. The minimum absolute atomic E-state index is 0.106. The van der Waals surface area contributed by atoms with Crippen LogP contribution in [0.4, 0.5) is 4.79 Å². The van der Waals surface area contributed by atoms with Crippen LogP contribution in [0.5, 0.6) is 0 Å². The molecule has 0 aromatic carbocycles. The van der Waals surface area contributed by atoms with Crippen molar-refractivity contribution in [3.8, 4) is 5.40 Å². The number of hydrogen-bond acceptors (Lipinski definition) is 4. The molecule has 5 nitrogen and oxygen atoms in total. The first-order chi connectivity index (χ1) is 4.68. The van der Waals surface area contributed by atoms with Crippen LogP contribution in [0, 0.1) is 10.7 Å². The summed E-state index contributed by atoms with van der Waals surface area (Å²) in [7, 11) is 0. The highest BCUT2D eigenvalue weighted by Gasteiger charge is 1.87. The van der Waals surface area contributed by atoms with Gasteiger partial charge in [-0.15, -0.1) is 0 Å². The number of thiol groups is 1. The fourth-order valence-corrected chi connectivity index (χ4v) is 0.163. The fraction of sp³-hybridized carbons (Fsp3) is 0.500. The summed E-state index contributed by atoms with van der Waals surface area (Å²) in [6, 6.07) is 0. The Morgan fingerprint density at radius 1 is 1.80 bits per heavy atom. The molecular formula is C4H8N2O3S. The van der Waals surface area contributed by atoms with Crippen molar-refractivity contribution in [2.24, 2.45) is 0 Å². The molecule has 0 heterocycles. The van der Waals surface area contributed by atoms with Gasteiger partial charge in [0.15, 0.2) is 0 Å². The lowest BCUT2D eigenvalue weighted by atomic mass is 10.7. The van der Waals surface area contributed by atoms with Gasteiger partial charge in [-0.3, -0.25) is 0 Å². The molecule has 0 radical (unpaired) electrons. The minimum atomic E-state index is -1.10. The molecule has 0 rings (SSSR count). The predicted octanol–water partition coefficient (Wildman–Crippen LogP) is -0.356. The maximum absolute atomic E-state index is 9.54. The minimum Gasteiger partial charge on any atom is -0.465 e. The zero-order valence-corrected chi connectivity index (χ0v) is 6.01. The van der Waals surface area contributed by atoms with Gasteiger partial charge in [0.2, 0.25) is 0 Å². The molecule has 3 N–H and O–H groups in total. The normalized spacial score (nSPS) is 6.50. The molecule has 0 aliphatic heterocycles. The van der Waals surface area contributed by atoms with Crippen molar-refractivity contribution < 1.29 is 15.0 Å². The second-order valence-electron chi connectivity index (χ2n) is 1.06. The third kappa shape index (κ3) is 27.6. The van der Waals surface area contributed by atoms with Crippen LogP contribution in [-0.2, 0) is 0 Å². The predicted molar refractivity (Wildman–Crippen MR) is 37.7 cm³/mol. The van der Waals surface area contributed by atoms with E-state index in [9.17, 15) is 4.79 Å². The molecule has 1 amide bonds. The van der Waals surface area contributed by atoms with E-state index in [1.54, 1.807) is 0 Å². The highest BCUT2D eigenvalue weighted by molar-refractivity contribution is 7.85. The number of nitriles is 1. The van der Waals surface area contributed by atoms with Gasteiger partial charge in [0, 0.05) is 6.54 Å². The number of aliphatic hydroxyl groups is 1. The SMILES string of the molecule is N#CS.O=C(O)NCCO. The molecule has 0 bridgehead atoms. The molecule has 0 spiro atoms. The van der Waals surface area contributed by atoms with E-state index < -0.39 is 6.09 Å². The van der Waals surface area contributed by atoms with Gasteiger partial charge in [0.05, 0.1) is 6.61 Å². The summed E-state index contributed by atoms with van der Waals surface area (Å²) in [5.41, 5.74) is 0. The maximum Gasteiger partial charge on any atom is 0.404 e. The van der Waals surface area contributed by atoms with Crippen molar-refractivity contribution in [1.82, 2.24) is 5.32 Å². The van der Waals surface area contributed by atoms with Crippen molar-refractivity contribution in [2.75, 3.05) is 13.2 Å². The Morgan fingerprint density at radius 3 is 2.30 bits per heavy atom. The molecule has 58 valence electrons. The van der Waals surface area contributed by atoms with E-state index in [1.165, 1.54) is 5.40 Å². The summed E-state index contributed by atoms with van der Waals surface area (Å²) >= 11 is 3.09. The number of thiocyanates is 1. The van der Waals surface area contributed by atoms with Crippen LogP contribution in [0.1, 0.15) is 0 Å². The van der Waals surface area contributed by atoms with Crippen LogP contribution in [0.2, 0.25) is 0 Å². The molecule has 0 atom stereocenters. The van der Waals surface area contributed by atoms with Gasteiger partial charge in [-0.1, -0.05) is 12.6 Å². The van der Waals surface area contributed by atoms with Gasteiger partial charge >= 0.3 is 6.09 Å². The first-order valence-corrected chi connectivity index (χ1v) is 2.74. The number of carboxylic acid groups (broad SMARTS) is 1. The van der Waals surface area contributed by atoms with Crippen molar-refractivity contribution >= 4 is 18.7 Å². The number of rotatable bonds is 2. The molecule has 0 aromatic heterocycles. The van der Waals surface area contributed by atoms with Gasteiger partial charge in [-0.25, -0.2) is 4.79 Å². The van der Waals surface area contributed by atoms with E-state index in [0.717, 1.165) is 0 Å². The monoisotopic (exact) mass is 164 g/mol. The second kappa shape index (κ2) is 10.9. The summed E-state index contributed by atoms with van der Waals surface area (Å²) in [5.74, 6) is 0. The second-order valence-corrected chi connectivity index (χ2v) is 1.26. The van der Waals surface area contributed by atoms with E-state index in [0.29, 0.717) is 0 Å². The first kappa shape index (κ1) is 11.8. The summed E-state index contributed by atoms with van der Waals surface area (Å²) in [5, 5.41) is 26.4. The number of nitrogens with zero attached hydrogens (tertiary/aromatic N) is 1. The Balaban J connectivity index is 0.